The normalized spacial score (nSPS) is 11.1. The van der Waals surface area contributed by atoms with Crippen molar-refractivity contribution in [2.75, 3.05) is 0 Å². The molecule has 17 heavy (non-hydrogen) atoms. The van der Waals surface area contributed by atoms with Crippen molar-refractivity contribution in [3.63, 3.8) is 0 Å². The molecule has 0 aromatic heterocycles. The van der Waals surface area contributed by atoms with E-state index in [0.29, 0.717) is 0 Å². The van der Waals surface area contributed by atoms with E-state index in [4.69, 9.17) is 0 Å². The molecule has 0 aliphatic rings. The zero-order valence-electron chi connectivity index (χ0n) is 10.2. The van der Waals surface area contributed by atoms with Crippen LogP contribution in [-0.4, -0.2) is 5.78 Å². The fourth-order valence-corrected chi connectivity index (χ4v) is 1.62. The van der Waals surface area contributed by atoms with Gasteiger partial charge < -0.3 is 0 Å². The molecule has 1 aromatic rings. The molecule has 0 atom stereocenters. The number of benzene rings is 1. The van der Waals surface area contributed by atoms with Gasteiger partial charge in [-0.3, -0.25) is 4.79 Å². The van der Waals surface area contributed by atoms with Crippen LogP contribution in [-0.2, 0) is 6.42 Å². The number of hydrogen-bond acceptors (Lipinski definition) is 1. The molecule has 0 fully saturated rings. The predicted octanol–water partition coefficient (Wildman–Crippen LogP) is 4.12. The van der Waals surface area contributed by atoms with Crippen LogP contribution in [0, 0.1) is 0 Å². The second-order valence-corrected chi connectivity index (χ2v) is 3.75. The van der Waals surface area contributed by atoms with Crippen LogP contribution < -0.4 is 0 Å². The Balaban J connectivity index is 2.84. The van der Waals surface area contributed by atoms with E-state index in [1.807, 2.05) is 24.3 Å². The van der Waals surface area contributed by atoms with Crippen LogP contribution in [0.2, 0.25) is 0 Å². The van der Waals surface area contributed by atoms with Crippen molar-refractivity contribution in [1.82, 2.24) is 0 Å². The summed E-state index contributed by atoms with van der Waals surface area (Å²) in [5.41, 5.74) is 1.93. The second kappa shape index (κ2) is 7.39. The summed E-state index contributed by atoms with van der Waals surface area (Å²) in [4.78, 5) is 12.0. The van der Waals surface area contributed by atoms with Crippen molar-refractivity contribution in [3.05, 3.63) is 72.4 Å². The van der Waals surface area contributed by atoms with Crippen LogP contribution in [0.4, 0.5) is 0 Å². The van der Waals surface area contributed by atoms with Crippen molar-refractivity contribution >= 4 is 5.78 Å². The monoisotopic (exact) mass is 226 g/mol. The van der Waals surface area contributed by atoms with Crippen LogP contribution in [0.15, 0.2) is 61.2 Å². The second-order valence-electron chi connectivity index (χ2n) is 3.75. The average molecular weight is 226 g/mol. The Labute approximate surface area is 103 Å². The lowest BCUT2D eigenvalue weighted by atomic mass is 10.00. The van der Waals surface area contributed by atoms with Gasteiger partial charge in [-0.25, -0.2) is 0 Å². The third kappa shape index (κ3) is 4.23. The van der Waals surface area contributed by atoms with E-state index in [2.05, 4.69) is 13.5 Å². The van der Waals surface area contributed by atoms with Crippen LogP contribution in [0.25, 0.3) is 0 Å². The van der Waals surface area contributed by atoms with Gasteiger partial charge in [-0.2, -0.15) is 0 Å². The van der Waals surface area contributed by atoms with Crippen LogP contribution in [0.1, 0.15) is 29.3 Å². The smallest absolute Gasteiger partial charge is 0.186 e. The SMILES string of the molecule is C=C/C=C\C=C\C(=O)c1ccccc1CCC. The summed E-state index contributed by atoms with van der Waals surface area (Å²) in [6.07, 6.45) is 10.6. The first-order valence-electron chi connectivity index (χ1n) is 5.87. The first-order chi connectivity index (χ1) is 8.29. The number of hydrogen-bond donors (Lipinski definition) is 0. The highest BCUT2D eigenvalue weighted by Crippen LogP contribution is 2.12. The Kier molecular flexibility index (Phi) is 5.73. The van der Waals surface area contributed by atoms with Gasteiger partial charge in [0.1, 0.15) is 0 Å². The molecule has 0 radical (unpaired) electrons. The van der Waals surface area contributed by atoms with Gasteiger partial charge in [-0.05, 0) is 18.1 Å². The van der Waals surface area contributed by atoms with E-state index in [1.54, 1.807) is 30.4 Å². The van der Waals surface area contributed by atoms with Gasteiger partial charge in [0.25, 0.3) is 0 Å². The number of carbonyl (C=O) groups is 1. The highest BCUT2D eigenvalue weighted by atomic mass is 16.1. The Hall–Kier alpha value is -1.89. The minimum Gasteiger partial charge on any atom is -0.289 e. The van der Waals surface area contributed by atoms with Crippen molar-refractivity contribution < 1.29 is 4.79 Å². The maximum atomic E-state index is 12.0. The summed E-state index contributed by atoms with van der Waals surface area (Å²) < 4.78 is 0. The highest BCUT2D eigenvalue weighted by Gasteiger charge is 2.06. The molecule has 1 nitrogen and oxygen atoms in total. The van der Waals surface area contributed by atoms with Crippen LogP contribution >= 0.6 is 0 Å². The van der Waals surface area contributed by atoms with Crippen molar-refractivity contribution in [2.24, 2.45) is 0 Å². The van der Waals surface area contributed by atoms with Gasteiger partial charge in [0, 0.05) is 5.56 Å². The molecule has 0 aliphatic heterocycles. The summed E-state index contributed by atoms with van der Waals surface area (Å²) in [5.74, 6) is 0.0581. The number of allylic oxidation sites excluding steroid dienone is 5. The lowest BCUT2D eigenvalue weighted by molar-refractivity contribution is 0.104. The van der Waals surface area contributed by atoms with Crippen molar-refractivity contribution in [3.8, 4) is 0 Å². The van der Waals surface area contributed by atoms with Gasteiger partial charge in [-0.15, -0.1) is 0 Å². The summed E-state index contributed by atoms with van der Waals surface area (Å²) in [5, 5.41) is 0. The summed E-state index contributed by atoms with van der Waals surface area (Å²) in [6.45, 7) is 5.68. The first-order valence-corrected chi connectivity index (χ1v) is 5.87. The van der Waals surface area contributed by atoms with Gasteiger partial charge >= 0.3 is 0 Å². The zero-order valence-corrected chi connectivity index (χ0v) is 10.2. The third-order valence-electron chi connectivity index (χ3n) is 2.41. The third-order valence-corrected chi connectivity index (χ3v) is 2.41. The molecule has 0 saturated heterocycles. The quantitative estimate of drug-likeness (QED) is 0.405. The van der Waals surface area contributed by atoms with Gasteiger partial charge in [-0.1, -0.05) is 68.5 Å². The molecule has 1 aromatic carbocycles. The summed E-state index contributed by atoms with van der Waals surface area (Å²) in [6, 6.07) is 7.78. The minimum absolute atomic E-state index is 0.0581. The van der Waals surface area contributed by atoms with Gasteiger partial charge in [0.15, 0.2) is 5.78 Å². The van der Waals surface area contributed by atoms with E-state index in [1.165, 1.54) is 0 Å². The zero-order chi connectivity index (χ0) is 12.5. The van der Waals surface area contributed by atoms with E-state index in [9.17, 15) is 4.79 Å². The Bertz CT molecular complexity index is 439. The Morgan fingerprint density at radius 3 is 2.71 bits per heavy atom. The number of carbonyl (C=O) groups excluding carboxylic acids is 1. The molecule has 0 saturated carbocycles. The molecule has 1 rings (SSSR count). The molecular formula is C16H18O. The molecule has 0 aliphatic carbocycles. The van der Waals surface area contributed by atoms with Crippen molar-refractivity contribution in [2.45, 2.75) is 19.8 Å². The van der Waals surface area contributed by atoms with E-state index in [0.717, 1.165) is 24.0 Å². The van der Waals surface area contributed by atoms with Crippen molar-refractivity contribution in [1.29, 1.82) is 0 Å². The standard InChI is InChI=1S/C16H18O/c1-3-5-6-7-13-16(17)15-12-9-8-11-14(15)10-4-2/h3,5-9,11-13H,1,4,10H2,2H3/b6-5-,13-7+. The molecule has 0 amide bonds. The number of rotatable bonds is 6. The molecule has 0 spiro atoms. The molecule has 0 bridgehead atoms. The Morgan fingerprint density at radius 2 is 2.00 bits per heavy atom. The summed E-state index contributed by atoms with van der Waals surface area (Å²) >= 11 is 0. The maximum Gasteiger partial charge on any atom is 0.186 e. The van der Waals surface area contributed by atoms with E-state index in [-0.39, 0.29) is 5.78 Å². The molecule has 88 valence electrons. The lowest BCUT2D eigenvalue weighted by Crippen LogP contribution is -2.00. The van der Waals surface area contributed by atoms with Crippen LogP contribution in [0.5, 0.6) is 0 Å². The topological polar surface area (TPSA) is 17.1 Å². The maximum absolute atomic E-state index is 12.0. The minimum atomic E-state index is 0.0581. The highest BCUT2D eigenvalue weighted by molar-refractivity contribution is 6.05. The van der Waals surface area contributed by atoms with Gasteiger partial charge in [0.05, 0.1) is 0 Å². The molecule has 0 heterocycles. The lowest BCUT2D eigenvalue weighted by Gasteiger charge is -2.04. The first kappa shape index (κ1) is 13.2. The molecule has 0 N–H and O–H groups in total. The average Bonchev–Trinajstić information content (AvgIpc) is 2.35. The molecular weight excluding hydrogens is 208 g/mol. The van der Waals surface area contributed by atoms with E-state index < -0.39 is 0 Å². The van der Waals surface area contributed by atoms with Gasteiger partial charge in [0.2, 0.25) is 0 Å². The number of ketones is 1. The van der Waals surface area contributed by atoms with Crippen LogP contribution in [0.3, 0.4) is 0 Å². The summed E-state index contributed by atoms with van der Waals surface area (Å²) in [7, 11) is 0. The molecule has 1 heteroatoms. The Morgan fingerprint density at radius 1 is 1.24 bits per heavy atom. The molecule has 0 unspecified atom stereocenters. The largest absolute Gasteiger partial charge is 0.289 e. The predicted molar refractivity (Wildman–Crippen MR) is 73.2 cm³/mol. The number of aryl methyl sites for hydroxylation is 1. The fraction of sp³-hybridized carbons (Fsp3) is 0.188. The fourth-order valence-electron chi connectivity index (χ4n) is 1.62. The van der Waals surface area contributed by atoms with E-state index >= 15 is 0 Å².